The minimum atomic E-state index is -4.10. The zero-order valence-electron chi connectivity index (χ0n) is 25.2. The molecule has 46 heavy (non-hydrogen) atoms. The van der Waals surface area contributed by atoms with Gasteiger partial charge in [-0.2, -0.15) is 4.31 Å². The van der Waals surface area contributed by atoms with E-state index in [-0.39, 0.29) is 30.3 Å². The second-order valence-corrected chi connectivity index (χ2v) is 14.3. The van der Waals surface area contributed by atoms with Crippen molar-refractivity contribution in [1.29, 1.82) is 0 Å². The van der Waals surface area contributed by atoms with Crippen LogP contribution in [-0.2, 0) is 26.2 Å². The molecule has 3 heterocycles. The number of hydrogen-bond donors (Lipinski definition) is 2. The molecule has 1 aliphatic carbocycles. The van der Waals surface area contributed by atoms with Gasteiger partial charge in [-0.1, -0.05) is 67.4 Å². The van der Waals surface area contributed by atoms with Crippen molar-refractivity contribution in [3.05, 3.63) is 78.1 Å². The van der Waals surface area contributed by atoms with E-state index < -0.39 is 21.9 Å². The third kappa shape index (κ3) is 7.06. The molecule has 0 aliphatic heterocycles. The summed E-state index contributed by atoms with van der Waals surface area (Å²) in [4.78, 5) is 34.7. The van der Waals surface area contributed by atoms with Gasteiger partial charge in [0.1, 0.15) is 21.7 Å². The molecule has 6 rings (SSSR count). The van der Waals surface area contributed by atoms with Gasteiger partial charge in [0.2, 0.25) is 21.8 Å². The topological polar surface area (TPSA) is 152 Å². The van der Waals surface area contributed by atoms with Crippen LogP contribution in [0.2, 0.25) is 0 Å². The SMILES string of the molecule is COc1ccc2nc(NC(=O)[C@H](CC3CCCC3)c3ccc(S(=O)(=O)N(CCC(=O)O)Cc4cc5ccccc5o4)cc3)sc2n1. The number of amides is 1. The number of carbonyl (C=O) groups is 2. The molecule has 240 valence electrons. The molecule has 1 saturated carbocycles. The first kappa shape index (κ1) is 31.6. The van der Waals surface area contributed by atoms with Gasteiger partial charge in [-0.15, -0.1) is 0 Å². The van der Waals surface area contributed by atoms with E-state index in [4.69, 9.17) is 9.15 Å². The van der Waals surface area contributed by atoms with Crippen molar-refractivity contribution in [2.75, 3.05) is 19.0 Å². The lowest BCUT2D eigenvalue weighted by atomic mass is 9.87. The number of carboxylic acid groups (broad SMARTS) is 1. The number of carbonyl (C=O) groups excluding carboxylic acids is 1. The average Bonchev–Trinajstić information content (AvgIpc) is 3.80. The number of sulfonamides is 1. The molecule has 2 N–H and O–H groups in total. The average molecular weight is 663 g/mol. The zero-order valence-corrected chi connectivity index (χ0v) is 26.9. The molecule has 0 spiro atoms. The maximum absolute atomic E-state index is 13.8. The van der Waals surface area contributed by atoms with Crippen LogP contribution in [-0.4, -0.2) is 53.3 Å². The maximum Gasteiger partial charge on any atom is 0.304 e. The van der Waals surface area contributed by atoms with E-state index >= 15 is 0 Å². The van der Waals surface area contributed by atoms with Crippen LogP contribution in [0.1, 0.15) is 55.8 Å². The summed E-state index contributed by atoms with van der Waals surface area (Å²) in [6, 6.07) is 18.9. The summed E-state index contributed by atoms with van der Waals surface area (Å²) >= 11 is 1.26. The van der Waals surface area contributed by atoms with Crippen LogP contribution in [0, 0.1) is 5.92 Å². The third-order valence-corrected chi connectivity index (χ3v) is 11.1. The fourth-order valence-electron chi connectivity index (χ4n) is 5.95. The summed E-state index contributed by atoms with van der Waals surface area (Å²) in [5, 5.41) is 13.5. The number of aromatic nitrogens is 2. The Morgan fingerprint density at radius 3 is 2.57 bits per heavy atom. The second kappa shape index (κ2) is 13.6. The Hall–Kier alpha value is -4.33. The highest BCUT2D eigenvalue weighted by Crippen LogP contribution is 2.36. The quantitative estimate of drug-likeness (QED) is 0.146. The molecule has 1 amide bonds. The van der Waals surface area contributed by atoms with E-state index in [1.807, 2.05) is 18.2 Å². The maximum atomic E-state index is 13.8. The van der Waals surface area contributed by atoms with Crippen molar-refractivity contribution in [2.24, 2.45) is 5.92 Å². The van der Waals surface area contributed by atoms with Crippen LogP contribution in [0.5, 0.6) is 5.88 Å². The van der Waals surface area contributed by atoms with Gasteiger partial charge in [0, 0.05) is 18.0 Å². The summed E-state index contributed by atoms with van der Waals surface area (Å²) in [6.45, 7) is -0.353. The lowest BCUT2D eigenvalue weighted by Crippen LogP contribution is -2.32. The van der Waals surface area contributed by atoms with Gasteiger partial charge in [-0.05, 0) is 48.2 Å². The van der Waals surface area contributed by atoms with E-state index in [0.29, 0.717) is 50.6 Å². The van der Waals surface area contributed by atoms with Crippen LogP contribution >= 0.6 is 11.3 Å². The smallest absolute Gasteiger partial charge is 0.304 e. The van der Waals surface area contributed by atoms with Crippen molar-refractivity contribution in [3.8, 4) is 5.88 Å². The Balaban J connectivity index is 1.25. The van der Waals surface area contributed by atoms with Gasteiger partial charge >= 0.3 is 5.97 Å². The molecule has 1 atom stereocenters. The molecule has 0 saturated heterocycles. The van der Waals surface area contributed by atoms with E-state index in [9.17, 15) is 23.1 Å². The third-order valence-electron chi connectivity index (χ3n) is 8.33. The van der Waals surface area contributed by atoms with Gasteiger partial charge in [0.15, 0.2) is 5.13 Å². The molecule has 13 heteroatoms. The number of pyridine rings is 1. The first-order valence-corrected chi connectivity index (χ1v) is 17.4. The number of anilines is 1. The van der Waals surface area contributed by atoms with Gasteiger partial charge in [-0.25, -0.2) is 18.4 Å². The van der Waals surface area contributed by atoms with Crippen LogP contribution in [0.25, 0.3) is 21.3 Å². The Kier molecular flexibility index (Phi) is 9.34. The summed E-state index contributed by atoms with van der Waals surface area (Å²) in [5.74, 6) is -0.597. The summed E-state index contributed by atoms with van der Waals surface area (Å²) < 4.78 is 39.8. The number of thiazole rings is 1. The van der Waals surface area contributed by atoms with Gasteiger partial charge in [0.25, 0.3) is 0 Å². The first-order chi connectivity index (χ1) is 22.2. The predicted molar refractivity (Wildman–Crippen MR) is 174 cm³/mol. The fraction of sp³-hybridized carbons (Fsp3) is 0.333. The van der Waals surface area contributed by atoms with Gasteiger partial charge < -0.3 is 19.6 Å². The molecule has 11 nitrogen and oxygen atoms in total. The molecule has 1 aliphatic rings. The van der Waals surface area contributed by atoms with Crippen LogP contribution < -0.4 is 10.1 Å². The molecule has 0 bridgehead atoms. The number of benzene rings is 2. The number of nitrogens with zero attached hydrogens (tertiary/aromatic N) is 3. The van der Waals surface area contributed by atoms with Crippen molar-refractivity contribution in [2.45, 2.75) is 55.9 Å². The molecule has 3 aromatic heterocycles. The highest BCUT2D eigenvalue weighted by Gasteiger charge is 2.30. The largest absolute Gasteiger partial charge is 0.481 e. The summed E-state index contributed by atoms with van der Waals surface area (Å²) in [6.07, 6.45) is 4.60. The number of para-hydroxylation sites is 1. The first-order valence-electron chi connectivity index (χ1n) is 15.1. The molecule has 0 radical (unpaired) electrons. The number of aliphatic carboxylic acids is 1. The number of furan rings is 1. The standard InChI is InChI=1S/C33H34N4O7S2/c1-43-29-15-14-27-32(35-29)45-33(34-27)36-31(40)26(18-21-6-2-3-7-21)22-10-12-25(13-11-22)46(41,42)37(17-16-30(38)39)20-24-19-23-8-4-5-9-28(23)44-24/h4-5,8-15,19,21,26H,2-3,6-7,16-18,20H2,1H3,(H,38,39)(H,34,36,40)/t26-/m1/s1. The molecular weight excluding hydrogens is 629 g/mol. The normalized spacial score (nSPS) is 14.7. The Labute approximate surface area is 270 Å². The van der Waals surface area contributed by atoms with Crippen LogP contribution in [0.3, 0.4) is 0 Å². The Morgan fingerprint density at radius 2 is 1.85 bits per heavy atom. The van der Waals surface area contributed by atoms with Crippen molar-refractivity contribution in [1.82, 2.24) is 14.3 Å². The molecule has 2 aromatic carbocycles. The molecule has 0 unspecified atom stereocenters. The zero-order chi connectivity index (χ0) is 32.3. The van der Waals surface area contributed by atoms with E-state index in [2.05, 4.69) is 15.3 Å². The van der Waals surface area contributed by atoms with E-state index in [0.717, 1.165) is 35.4 Å². The number of fused-ring (bicyclic) bond motifs is 2. The number of methoxy groups -OCH3 is 1. The van der Waals surface area contributed by atoms with Crippen molar-refractivity contribution < 1.29 is 32.3 Å². The fourth-order valence-corrected chi connectivity index (χ4v) is 8.19. The minimum Gasteiger partial charge on any atom is -0.481 e. The highest BCUT2D eigenvalue weighted by molar-refractivity contribution is 7.89. The molecule has 5 aromatic rings. The number of hydrogen-bond acceptors (Lipinski definition) is 9. The minimum absolute atomic E-state index is 0.00368. The lowest BCUT2D eigenvalue weighted by Gasteiger charge is -2.22. The summed E-state index contributed by atoms with van der Waals surface area (Å²) in [5.41, 5.74) is 1.96. The number of ether oxygens (including phenoxy) is 1. The van der Waals surface area contributed by atoms with Gasteiger partial charge in [-0.3, -0.25) is 9.59 Å². The number of nitrogens with one attached hydrogen (secondary N) is 1. The Bertz CT molecular complexity index is 1930. The summed E-state index contributed by atoms with van der Waals surface area (Å²) in [7, 11) is -2.56. The van der Waals surface area contributed by atoms with Crippen molar-refractivity contribution in [3.63, 3.8) is 0 Å². The van der Waals surface area contributed by atoms with E-state index in [1.165, 1.54) is 30.6 Å². The molecule has 1 fully saturated rings. The second-order valence-electron chi connectivity index (χ2n) is 11.4. The monoisotopic (exact) mass is 662 g/mol. The highest BCUT2D eigenvalue weighted by atomic mass is 32.2. The van der Waals surface area contributed by atoms with Crippen LogP contribution in [0.4, 0.5) is 5.13 Å². The predicted octanol–water partition coefficient (Wildman–Crippen LogP) is 6.41. The van der Waals surface area contributed by atoms with Crippen molar-refractivity contribution >= 4 is 59.7 Å². The lowest BCUT2D eigenvalue weighted by molar-refractivity contribution is -0.137. The number of rotatable bonds is 13. The molecular formula is C33H34N4O7S2. The van der Waals surface area contributed by atoms with Gasteiger partial charge in [0.05, 0.1) is 30.9 Å². The number of carboxylic acids is 1. The Morgan fingerprint density at radius 1 is 1.09 bits per heavy atom. The van der Waals surface area contributed by atoms with E-state index in [1.54, 1.807) is 36.4 Å². The van der Waals surface area contributed by atoms with Crippen LogP contribution in [0.15, 0.2) is 76.0 Å².